The van der Waals surface area contributed by atoms with E-state index in [0.717, 1.165) is 23.4 Å². The summed E-state index contributed by atoms with van der Waals surface area (Å²) in [5, 5.41) is 2.82. The van der Waals surface area contributed by atoms with Gasteiger partial charge in [0.2, 0.25) is 5.91 Å². The van der Waals surface area contributed by atoms with Crippen LogP contribution in [0, 0.1) is 5.92 Å². The molecule has 0 bridgehead atoms. The molecule has 0 spiro atoms. The first-order chi connectivity index (χ1) is 13.1. The highest BCUT2D eigenvalue weighted by molar-refractivity contribution is 6.11. The van der Waals surface area contributed by atoms with Gasteiger partial charge in [-0.2, -0.15) is 0 Å². The molecular weight excluding hydrogens is 344 g/mol. The molecule has 1 aromatic rings. The molecule has 1 aromatic carbocycles. The van der Waals surface area contributed by atoms with E-state index >= 15 is 0 Å². The molecule has 6 heteroatoms. The third-order valence-corrected chi connectivity index (χ3v) is 4.24. The lowest BCUT2D eigenvalue weighted by Crippen LogP contribution is -2.33. The molecule has 1 aliphatic heterocycles. The van der Waals surface area contributed by atoms with Gasteiger partial charge in [-0.1, -0.05) is 18.6 Å². The van der Waals surface area contributed by atoms with Crippen molar-refractivity contribution in [3.8, 4) is 11.5 Å². The van der Waals surface area contributed by atoms with E-state index in [1.54, 1.807) is 42.5 Å². The summed E-state index contributed by atoms with van der Waals surface area (Å²) in [6, 6.07) is 7.06. The zero-order valence-electron chi connectivity index (χ0n) is 15.4. The molecular formula is C21H22N2O4. The summed E-state index contributed by atoms with van der Waals surface area (Å²) in [6.45, 7) is 4.36. The quantitative estimate of drug-likeness (QED) is 0.840. The third kappa shape index (κ3) is 4.73. The molecule has 1 unspecified atom stereocenters. The van der Waals surface area contributed by atoms with Crippen LogP contribution in [0.15, 0.2) is 64.8 Å². The van der Waals surface area contributed by atoms with E-state index in [1.807, 2.05) is 19.9 Å². The monoisotopic (exact) mass is 366 g/mol. The Labute approximate surface area is 158 Å². The minimum absolute atomic E-state index is 0.0434. The number of hydrogen-bond donors (Lipinski definition) is 1. The number of nitrogens with zero attached hydrogens (tertiary/aromatic N) is 1. The zero-order chi connectivity index (χ0) is 19.2. The molecule has 2 aliphatic rings. The molecule has 0 saturated carbocycles. The molecule has 1 N–H and O–H groups in total. The maximum absolute atomic E-state index is 12.1. The van der Waals surface area contributed by atoms with Crippen LogP contribution >= 0.6 is 0 Å². The summed E-state index contributed by atoms with van der Waals surface area (Å²) in [5.74, 6) is 0.824. The Kier molecular flexibility index (Phi) is 5.86. The summed E-state index contributed by atoms with van der Waals surface area (Å²) in [4.78, 5) is 27.9. The van der Waals surface area contributed by atoms with Crippen molar-refractivity contribution < 1.29 is 19.1 Å². The van der Waals surface area contributed by atoms with Gasteiger partial charge in [-0.3, -0.25) is 9.59 Å². The molecule has 1 heterocycles. The van der Waals surface area contributed by atoms with Gasteiger partial charge in [0, 0.05) is 17.7 Å². The van der Waals surface area contributed by atoms with Gasteiger partial charge in [0.25, 0.3) is 5.91 Å². The number of fused-ring (bicyclic) bond motifs is 1. The van der Waals surface area contributed by atoms with E-state index in [1.165, 1.54) is 0 Å². The number of allylic oxidation sites excluding steroid dienone is 3. The van der Waals surface area contributed by atoms with E-state index in [-0.39, 0.29) is 18.4 Å². The lowest BCUT2D eigenvalue weighted by Gasteiger charge is -2.26. The van der Waals surface area contributed by atoms with Crippen LogP contribution in [0.25, 0.3) is 0 Å². The van der Waals surface area contributed by atoms with Crippen LogP contribution in [-0.4, -0.2) is 30.7 Å². The molecule has 3 rings (SSSR count). The first-order valence-corrected chi connectivity index (χ1v) is 8.97. The number of amides is 2. The van der Waals surface area contributed by atoms with Crippen LogP contribution < -0.4 is 14.8 Å². The van der Waals surface area contributed by atoms with Crippen molar-refractivity contribution in [1.82, 2.24) is 5.32 Å². The molecule has 0 aromatic heterocycles. The third-order valence-electron chi connectivity index (χ3n) is 4.24. The van der Waals surface area contributed by atoms with Gasteiger partial charge in [0.1, 0.15) is 11.5 Å². The van der Waals surface area contributed by atoms with Gasteiger partial charge in [-0.25, -0.2) is 4.99 Å². The van der Waals surface area contributed by atoms with E-state index in [0.29, 0.717) is 18.1 Å². The Morgan fingerprint density at radius 1 is 1.11 bits per heavy atom. The van der Waals surface area contributed by atoms with E-state index in [2.05, 4.69) is 10.3 Å². The average Bonchev–Trinajstić information content (AvgIpc) is 2.66. The fraction of sp³-hybridized carbons (Fsp3) is 0.286. The lowest BCUT2D eigenvalue weighted by atomic mass is 9.86. The Morgan fingerprint density at radius 3 is 2.48 bits per heavy atom. The van der Waals surface area contributed by atoms with Crippen LogP contribution in [0.5, 0.6) is 11.5 Å². The number of carbonyl (C=O) groups is 2. The smallest absolute Gasteiger partial charge is 0.284 e. The van der Waals surface area contributed by atoms with E-state index < -0.39 is 5.91 Å². The summed E-state index contributed by atoms with van der Waals surface area (Å²) >= 11 is 0. The molecule has 1 atom stereocenters. The van der Waals surface area contributed by atoms with Gasteiger partial charge in [0.15, 0.2) is 6.61 Å². The van der Waals surface area contributed by atoms with Crippen LogP contribution in [0.2, 0.25) is 0 Å². The second-order valence-electron chi connectivity index (χ2n) is 6.12. The summed E-state index contributed by atoms with van der Waals surface area (Å²) < 4.78 is 10.8. The minimum Gasteiger partial charge on any atom is -0.494 e. The maximum atomic E-state index is 12.1. The molecule has 6 nitrogen and oxygen atoms in total. The van der Waals surface area contributed by atoms with Crippen molar-refractivity contribution in [2.75, 3.05) is 13.2 Å². The summed E-state index contributed by atoms with van der Waals surface area (Å²) in [5.41, 5.74) is 2.30. The number of carbonyl (C=O) groups excluding carboxylic acids is 2. The van der Waals surface area contributed by atoms with Gasteiger partial charge >= 0.3 is 0 Å². The Morgan fingerprint density at radius 2 is 1.81 bits per heavy atom. The average molecular weight is 366 g/mol. The Bertz CT molecular complexity index is 847. The van der Waals surface area contributed by atoms with Crippen molar-refractivity contribution in [2.45, 2.75) is 20.3 Å². The predicted octanol–water partition coefficient (Wildman–Crippen LogP) is 2.97. The standard InChI is InChI=1S/C21H22N2O4/c1-3-14-11-20(24)23-19-12-15(5-10-18(14)19)22-21(25)13-27-17-8-6-16(7-9-17)26-4-2/h5-12,18H,3-4,13H2,1-2H3,(H,23,24). The fourth-order valence-corrected chi connectivity index (χ4v) is 2.98. The number of ether oxygens (including phenoxy) is 2. The second-order valence-corrected chi connectivity index (χ2v) is 6.12. The van der Waals surface area contributed by atoms with Crippen molar-refractivity contribution in [2.24, 2.45) is 10.9 Å². The van der Waals surface area contributed by atoms with E-state index in [4.69, 9.17) is 9.47 Å². The highest BCUT2D eigenvalue weighted by atomic mass is 16.5. The van der Waals surface area contributed by atoms with Gasteiger partial charge in [-0.15, -0.1) is 0 Å². The van der Waals surface area contributed by atoms with Crippen LogP contribution in [0.4, 0.5) is 0 Å². The minimum atomic E-state index is -0.396. The molecule has 27 heavy (non-hydrogen) atoms. The molecule has 1 aliphatic carbocycles. The largest absolute Gasteiger partial charge is 0.494 e. The first kappa shape index (κ1) is 18.6. The van der Waals surface area contributed by atoms with Crippen molar-refractivity contribution in [3.63, 3.8) is 0 Å². The zero-order valence-corrected chi connectivity index (χ0v) is 15.4. The van der Waals surface area contributed by atoms with Crippen molar-refractivity contribution in [3.05, 3.63) is 59.8 Å². The highest BCUT2D eigenvalue weighted by Gasteiger charge is 2.25. The molecule has 0 saturated heterocycles. The molecule has 140 valence electrons. The van der Waals surface area contributed by atoms with Gasteiger partial charge in [0.05, 0.1) is 12.3 Å². The normalized spacial score (nSPS) is 19.7. The van der Waals surface area contributed by atoms with E-state index in [9.17, 15) is 9.59 Å². The topological polar surface area (TPSA) is 77.0 Å². The number of benzene rings is 1. The first-order valence-electron chi connectivity index (χ1n) is 8.97. The molecule has 0 fully saturated rings. The fourth-order valence-electron chi connectivity index (χ4n) is 2.98. The lowest BCUT2D eigenvalue weighted by molar-refractivity contribution is -0.119. The van der Waals surface area contributed by atoms with Crippen molar-refractivity contribution >= 4 is 17.5 Å². The van der Waals surface area contributed by atoms with Crippen LogP contribution in [0.3, 0.4) is 0 Å². The second kappa shape index (κ2) is 8.49. The van der Waals surface area contributed by atoms with Crippen LogP contribution in [-0.2, 0) is 9.59 Å². The summed E-state index contributed by atoms with van der Waals surface area (Å²) in [7, 11) is 0. The van der Waals surface area contributed by atoms with Crippen LogP contribution in [0.1, 0.15) is 20.3 Å². The SMILES string of the molecule is CCOc1ccc(OCC(=O)N=C2C=CC3C(CC)=CC(=O)NC3=C2)cc1. The molecule has 0 radical (unpaired) electrons. The van der Waals surface area contributed by atoms with Gasteiger partial charge in [-0.05, 0) is 49.8 Å². The Balaban J connectivity index is 1.61. The highest BCUT2D eigenvalue weighted by Crippen LogP contribution is 2.28. The molecule has 2 amide bonds. The number of hydrogen-bond acceptors (Lipinski definition) is 4. The number of rotatable bonds is 6. The number of nitrogens with one attached hydrogen (secondary N) is 1. The van der Waals surface area contributed by atoms with Gasteiger partial charge < -0.3 is 14.8 Å². The van der Waals surface area contributed by atoms with Crippen molar-refractivity contribution in [1.29, 1.82) is 0 Å². The number of aliphatic imine (C=N–C) groups is 1. The Hall–Kier alpha value is -3.15. The summed E-state index contributed by atoms with van der Waals surface area (Å²) in [6.07, 6.45) is 7.90. The predicted molar refractivity (Wildman–Crippen MR) is 103 cm³/mol. The maximum Gasteiger partial charge on any atom is 0.284 e.